The number of hydrogen-bond donors (Lipinski definition) is 2. The molecule has 0 spiro atoms. The number of rotatable bonds is 8. The fourth-order valence-electron chi connectivity index (χ4n) is 2.18. The normalized spacial score (nSPS) is 19.2. The lowest BCUT2D eigenvalue weighted by Gasteiger charge is -2.30. The highest BCUT2D eigenvalue weighted by atomic mass is 32.2. The van der Waals surface area contributed by atoms with Crippen LogP contribution in [0, 0.1) is 5.92 Å². The number of aliphatic hydroxyl groups is 1. The van der Waals surface area contributed by atoms with Gasteiger partial charge in [-0.25, -0.2) is 4.72 Å². The Hall–Kier alpha value is -0.170. The standard InChI is InChI=1S/C12H26N2O3S/c1-2-3-4-5-8-13-18(16,17)14-9-6-12(11-15)7-10-14/h12-13,15H,2-11H2,1H3. The van der Waals surface area contributed by atoms with Crippen LogP contribution in [0.2, 0.25) is 0 Å². The van der Waals surface area contributed by atoms with Crippen molar-refractivity contribution >= 4 is 10.2 Å². The highest BCUT2D eigenvalue weighted by molar-refractivity contribution is 7.87. The molecular formula is C12H26N2O3S. The van der Waals surface area contributed by atoms with Crippen molar-refractivity contribution in [2.75, 3.05) is 26.2 Å². The van der Waals surface area contributed by atoms with Gasteiger partial charge >= 0.3 is 0 Å². The van der Waals surface area contributed by atoms with Crippen LogP contribution in [0.15, 0.2) is 0 Å². The number of hydrogen-bond acceptors (Lipinski definition) is 3. The van der Waals surface area contributed by atoms with Crippen molar-refractivity contribution in [2.24, 2.45) is 5.92 Å². The van der Waals surface area contributed by atoms with Gasteiger partial charge in [0.25, 0.3) is 10.2 Å². The molecule has 0 amide bonds. The van der Waals surface area contributed by atoms with Crippen molar-refractivity contribution in [2.45, 2.75) is 45.4 Å². The monoisotopic (exact) mass is 278 g/mol. The topological polar surface area (TPSA) is 69.6 Å². The lowest BCUT2D eigenvalue weighted by molar-refractivity contribution is 0.169. The van der Waals surface area contributed by atoms with Crippen molar-refractivity contribution < 1.29 is 13.5 Å². The van der Waals surface area contributed by atoms with Gasteiger partial charge in [0.2, 0.25) is 0 Å². The molecule has 1 saturated heterocycles. The molecule has 0 atom stereocenters. The first kappa shape index (κ1) is 15.9. The number of unbranched alkanes of at least 4 members (excludes halogenated alkanes) is 3. The first-order valence-electron chi connectivity index (χ1n) is 6.95. The first-order valence-corrected chi connectivity index (χ1v) is 8.39. The van der Waals surface area contributed by atoms with Gasteiger partial charge in [-0.1, -0.05) is 26.2 Å². The molecule has 0 aromatic rings. The molecule has 1 fully saturated rings. The Morgan fingerprint density at radius 2 is 1.89 bits per heavy atom. The van der Waals surface area contributed by atoms with Crippen LogP contribution in [0.5, 0.6) is 0 Å². The van der Waals surface area contributed by atoms with Crippen LogP contribution >= 0.6 is 0 Å². The zero-order chi connectivity index (χ0) is 13.4. The predicted octanol–water partition coefficient (Wildman–Crippen LogP) is 1.11. The molecule has 6 heteroatoms. The molecule has 1 heterocycles. The average Bonchev–Trinajstić information content (AvgIpc) is 2.38. The quantitative estimate of drug-likeness (QED) is 0.653. The number of aliphatic hydroxyl groups excluding tert-OH is 1. The van der Waals surface area contributed by atoms with Gasteiger partial charge in [0.15, 0.2) is 0 Å². The highest BCUT2D eigenvalue weighted by Crippen LogP contribution is 2.18. The second-order valence-electron chi connectivity index (χ2n) is 4.99. The third-order valence-electron chi connectivity index (χ3n) is 3.49. The van der Waals surface area contributed by atoms with Gasteiger partial charge < -0.3 is 5.11 Å². The zero-order valence-electron chi connectivity index (χ0n) is 11.3. The van der Waals surface area contributed by atoms with Crippen molar-refractivity contribution in [3.63, 3.8) is 0 Å². The largest absolute Gasteiger partial charge is 0.396 e. The summed E-state index contributed by atoms with van der Waals surface area (Å²) in [5, 5.41) is 9.02. The lowest BCUT2D eigenvalue weighted by atomic mass is 10.00. The summed E-state index contributed by atoms with van der Waals surface area (Å²) in [4.78, 5) is 0. The van der Waals surface area contributed by atoms with Crippen LogP contribution in [-0.2, 0) is 10.2 Å². The van der Waals surface area contributed by atoms with Crippen LogP contribution in [0.1, 0.15) is 45.4 Å². The SMILES string of the molecule is CCCCCCNS(=O)(=O)N1CCC(CO)CC1. The maximum Gasteiger partial charge on any atom is 0.279 e. The third-order valence-corrected chi connectivity index (χ3v) is 5.10. The summed E-state index contributed by atoms with van der Waals surface area (Å²) in [6.07, 6.45) is 5.80. The zero-order valence-corrected chi connectivity index (χ0v) is 12.1. The summed E-state index contributed by atoms with van der Waals surface area (Å²) in [5.41, 5.74) is 0. The van der Waals surface area contributed by atoms with Gasteiger partial charge in [-0.05, 0) is 25.2 Å². The van der Waals surface area contributed by atoms with Gasteiger partial charge in [-0.15, -0.1) is 0 Å². The molecule has 0 radical (unpaired) electrons. The van der Waals surface area contributed by atoms with Crippen molar-refractivity contribution in [3.05, 3.63) is 0 Å². The van der Waals surface area contributed by atoms with E-state index >= 15 is 0 Å². The third kappa shape index (κ3) is 5.22. The van der Waals surface area contributed by atoms with E-state index in [9.17, 15) is 8.42 Å². The Labute approximate surface area is 111 Å². The van der Waals surface area contributed by atoms with E-state index in [-0.39, 0.29) is 12.5 Å². The summed E-state index contributed by atoms with van der Waals surface area (Å²) in [6.45, 7) is 3.88. The minimum Gasteiger partial charge on any atom is -0.396 e. The molecule has 0 bridgehead atoms. The van der Waals surface area contributed by atoms with Gasteiger partial charge in [0.1, 0.15) is 0 Å². The predicted molar refractivity (Wildman–Crippen MR) is 72.4 cm³/mol. The molecular weight excluding hydrogens is 252 g/mol. The Balaban J connectivity index is 2.26. The molecule has 1 aliphatic heterocycles. The number of piperidine rings is 1. The van der Waals surface area contributed by atoms with E-state index in [1.807, 2.05) is 0 Å². The molecule has 0 aromatic heterocycles. The molecule has 2 N–H and O–H groups in total. The second-order valence-corrected chi connectivity index (χ2v) is 6.74. The maximum atomic E-state index is 12.0. The fraction of sp³-hybridized carbons (Fsp3) is 1.00. The van der Waals surface area contributed by atoms with E-state index in [4.69, 9.17) is 5.11 Å². The van der Waals surface area contributed by atoms with E-state index in [0.29, 0.717) is 19.6 Å². The molecule has 108 valence electrons. The van der Waals surface area contributed by atoms with Crippen molar-refractivity contribution in [3.8, 4) is 0 Å². The number of nitrogens with zero attached hydrogens (tertiary/aromatic N) is 1. The van der Waals surface area contributed by atoms with Crippen LogP contribution in [0.3, 0.4) is 0 Å². The summed E-state index contributed by atoms with van der Waals surface area (Å²) < 4.78 is 28.1. The van der Waals surface area contributed by atoms with Gasteiger partial charge in [0, 0.05) is 26.2 Å². The summed E-state index contributed by atoms with van der Waals surface area (Å²) >= 11 is 0. The Morgan fingerprint density at radius 1 is 1.22 bits per heavy atom. The molecule has 18 heavy (non-hydrogen) atoms. The van der Waals surface area contributed by atoms with E-state index in [1.165, 1.54) is 4.31 Å². The summed E-state index contributed by atoms with van der Waals surface area (Å²) in [5.74, 6) is 0.265. The Bertz CT molecular complexity index is 311. The smallest absolute Gasteiger partial charge is 0.279 e. The van der Waals surface area contributed by atoms with Crippen LogP contribution in [-0.4, -0.2) is 44.1 Å². The highest BCUT2D eigenvalue weighted by Gasteiger charge is 2.26. The summed E-state index contributed by atoms with van der Waals surface area (Å²) in [6, 6.07) is 0. The molecule has 1 rings (SSSR count). The second kappa shape index (κ2) is 8.09. The Morgan fingerprint density at radius 3 is 2.44 bits per heavy atom. The molecule has 0 unspecified atom stereocenters. The molecule has 1 aliphatic rings. The minimum atomic E-state index is -3.30. The fourth-order valence-corrected chi connectivity index (χ4v) is 3.45. The van der Waals surface area contributed by atoms with Crippen molar-refractivity contribution in [1.82, 2.24) is 9.03 Å². The average molecular weight is 278 g/mol. The van der Waals surface area contributed by atoms with E-state index < -0.39 is 10.2 Å². The molecule has 5 nitrogen and oxygen atoms in total. The number of nitrogens with one attached hydrogen (secondary N) is 1. The first-order chi connectivity index (χ1) is 8.60. The molecule has 0 saturated carbocycles. The van der Waals surface area contributed by atoms with Crippen LogP contribution in [0.25, 0.3) is 0 Å². The van der Waals surface area contributed by atoms with Crippen molar-refractivity contribution in [1.29, 1.82) is 0 Å². The maximum absolute atomic E-state index is 12.0. The van der Waals surface area contributed by atoms with Gasteiger partial charge in [-0.3, -0.25) is 0 Å². The Kier molecular flexibility index (Phi) is 7.14. The van der Waals surface area contributed by atoms with Gasteiger partial charge in [-0.2, -0.15) is 12.7 Å². The summed E-state index contributed by atoms with van der Waals surface area (Å²) in [7, 11) is -3.30. The molecule has 0 aliphatic carbocycles. The lowest BCUT2D eigenvalue weighted by Crippen LogP contribution is -2.45. The van der Waals surface area contributed by atoms with E-state index in [2.05, 4.69) is 11.6 Å². The minimum absolute atomic E-state index is 0.165. The van der Waals surface area contributed by atoms with E-state index in [1.54, 1.807) is 0 Å². The van der Waals surface area contributed by atoms with Crippen LogP contribution in [0.4, 0.5) is 0 Å². The molecule has 0 aromatic carbocycles. The van der Waals surface area contributed by atoms with Gasteiger partial charge in [0.05, 0.1) is 0 Å². The van der Waals surface area contributed by atoms with Crippen LogP contribution < -0.4 is 4.72 Å². The van der Waals surface area contributed by atoms with E-state index in [0.717, 1.165) is 38.5 Å².